The molecule has 1 atom stereocenters. The summed E-state index contributed by atoms with van der Waals surface area (Å²) in [4.78, 5) is 0. The molecule has 0 aromatic heterocycles. The van der Waals surface area contributed by atoms with Gasteiger partial charge in [-0.05, 0) is 44.0 Å². The Labute approximate surface area is 112 Å². The maximum Gasteiger partial charge on any atom is 0.132 e. The monoisotopic (exact) mass is 259 g/mol. The Morgan fingerprint density at radius 1 is 1.16 bits per heavy atom. The SMILES string of the molecule is Cc1cccc(NC(C)c2ccc(O)cc2F)c1C. The van der Waals surface area contributed by atoms with Gasteiger partial charge in [0.1, 0.15) is 11.6 Å². The van der Waals surface area contributed by atoms with E-state index in [4.69, 9.17) is 0 Å². The van der Waals surface area contributed by atoms with Crippen molar-refractivity contribution in [2.75, 3.05) is 5.32 Å². The summed E-state index contributed by atoms with van der Waals surface area (Å²) < 4.78 is 13.8. The van der Waals surface area contributed by atoms with Crippen molar-refractivity contribution >= 4 is 5.69 Å². The molecule has 2 rings (SSSR count). The summed E-state index contributed by atoms with van der Waals surface area (Å²) in [5.74, 6) is -0.453. The standard InChI is InChI=1S/C16H18FNO/c1-10-5-4-6-16(11(10)2)18-12(3)14-8-7-13(19)9-15(14)17/h4-9,12,18-19H,1-3H3. The molecule has 1 unspecified atom stereocenters. The van der Waals surface area contributed by atoms with Crippen LogP contribution in [0.5, 0.6) is 5.75 Å². The van der Waals surface area contributed by atoms with Gasteiger partial charge in [0.15, 0.2) is 0 Å². The normalized spacial score (nSPS) is 12.2. The first kappa shape index (κ1) is 13.4. The highest BCUT2D eigenvalue weighted by molar-refractivity contribution is 5.55. The van der Waals surface area contributed by atoms with Crippen molar-refractivity contribution in [1.29, 1.82) is 0 Å². The van der Waals surface area contributed by atoms with Crippen LogP contribution in [0.1, 0.15) is 29.7 Å². The number of aromatic hydroxyl groups is 1. The number of aryl methyl sites for hydroxylation is 1. The molecule has 0 aliphatic carbocycles. The van der Waals surface area contributed by atoms with Crippen LogP contribution in [-0.2, 0) is 0 Å². The Kier molecular flexibility index (Phi) is 3.74. The van der Waals surface area contributed by atoms with Crippen molar-refractivity contribution in [2.45, 2.75) is 26.8 Å². The lowest BCUT2D eigenvalue weighted by Gasteiger charge is -2.19. The zero-order chi connectivity index (χ0) is 14.0. The molecular formula is C16H18FNO. The maximum atomic E-state index is 13.8. The van der Waals surface area contributed by atoms with E-state index in [1.54, 1.807) is 6.07 Å². The maximum absolute atomic E-state index is 13.8. The quantitative estimate of drug-likeness (QED) is 0.860. The molecule has 100 valence electrons. The van der Waals surface area contributed by atoms with Gasteiger partial charge in [-0.25, -0.2) is 4.39 Å². The minimum Gasteiger partial charge on any atom is -0.508 e. The zero-order valence-corrected chi connectivity index (χ0v) is 11.4. The number of rotatable bonds is 3. The van der Waals surface area contributed by atoms with Gasteiger partial charge < -0.3 is 10.4 Å². The second-order valence-electron chi connectivity index (χ2n) is 4.82. The summed E-state index contributed by atoms with van der Waals surface area (Å²) >= 11 is 0. The minimum atomic E-state index is -0.398. The number of hydrogen-bond donors (Lipinski definition) is 2. The summed E-state index contributed by atoms with van der Waals surface area (Å²) in [6, 6.07) is 10.1. The van der Waals surface area contributed by atoms with Gasteiger partial charge >= 0.3 is 0 Å². The first-order valence-corrected chi connectivity index (χ1v) is 6.30. The van der Waals surface area contributed by atoms with E-state index in [1.165, 1.54) is 11.6 Å². The van der Waals surface area contributed by atoms with Crippen molar-refractivity contribution in [1.82, 2.24) is 0 Å². The second-order valence-corrected chi connectivity index (χ2v) is 4.82. The minimum absolute atomic E-state index is 0.0554. The molecule has 0 spiro atoms. The van der Waals surface area contributed by atoms with E-state index in [1.807, 2.05) is 39.0 Å². The lowest BCUT2D eigenvalue weighted by molar-refractivity contribution is 0.467. The Morgan fingerprint density at radius 3 is 2.58 bits per heavy atom. The molecule has 0 amide bonds. The van der Waals surface area contributed by atoms with E-state index in [9.17, 15) is 9.50 Å². The molecule has 0 heterocycles. The van der Waals surface area contributed by atoms with Crippen molar-refractivity contribution < 1.29 is 9.50 Å². The van der Waals surface area contributed by atoms with Crippen LogP contribution in [0.2, 0.25) is 0 Å². The van der Waals surface area contributed by atoms with E-state index in [2.05, 4.69) is 5.32 Å². The fourth-order valence-electron chi connectivity index (χ4n) is 2.09. The van der Waals surface area contributed by atoms with Crippen molar-refractivity contribution in [3.8, 4) is 5.75 Å². The first-order valence-electron chi connectivity index (χ1n) is 6.30. The van der Waals surface area contributed by atoms with Crippen molar-refractivity contribution in [3.05, 3.63) is 58.9 Å². The number of hydrogen-bond acceptors (Lipinski definition) is 2. The van der Waals surface area contributed by atoms with Gasteiger partial charge in [-0.1, -0.05) is 18.2 Å². The molecule has 19 heavy (non-hydrogen) atoms. The van der Waals surface area contributed by atoms with Crippen LogP contribution in [0.4, 0.5) is 10.1 Å². The average molecular weight is 259 g/mol. The molecule has 0 aliphatic heterocycles. The third-order valence-corrected chi connectivity index (χ3v) is 3.43. The third-order valence-electron chi connectivity index (χ3n) is 3.43. The molecule has 2 aromatic rings. The van der Waals surface area contributed by atoms with Crippen LogP contribution in [0, 0.1) is 19.7 Å². The summed E-state index contributed by atoms with van der Waals surface area (Å²) in [6.07, 6.45) is 0. The smallest absolute Gasteiger partial charge is 0.132 e. The van der Waals surface area contributed by atoms with Crippen molar-refractivity contribution in [3.63, 3.8) is 0 Å². The van der Waals surface area contributed by atoms with Crippen LogP contribution in [0.15, 0.2) is 36.4 Å². The molecule has 0 fully saturated rings. The van der Waals surface area contributed by atoms with Gasteiger partial charge in [0, 0.05) is 17.3 Å². The molecule has 2 N–H and O–H groups in total. The molecule has 2 nitrogen and oxygen atoms in total. The molecule has 0 radical (unpaired) electrons. The van der Waals surface area contributed by atoms with Gasteiger partial charge in [0.05, 0.1) is 6.04 Å². The van der Waals surface area contributed by atoms with Gasteiger partial charge in [-0.15, -0.1) is 0 Å². The summed E-state index contributed by atoms with van der Waals surface area (Å²) in [5, 5.41) is 12.5. The largest absolute Gasteiger partial charge is 0.508 e. The van der Waals surface area contributed by atoms with Gasteiger partial charge in [-0.2, -0.15) is 0 Å². The molecule has 0 bridgehead atoms. The lowest BCUT2D eigenvalue weighted by Crippen LogP contribution is -2.09. The van der Waals surface area contributed by atoms with Crippen LogP contribution >= 0.6 is 0 Å². The van der Waals surface area contributed by atoms with Crippen LogP contribution in [-0.4, -0.2) is 5.11 Å². The fraction of sp³-hybridized carbons (Fsp3) is 0.250. The van der Waals surface area contributed by atoms with Crippen molar-refractivity contribution in [2.24, 2.45) is 0 Å². The van der Waals surface area contributed by atoms with Crippen LogP contribution in [0.25, 0.3) is 0 Å². The number of nitrogens with one attached hydrogen (secondary N) is 1. The molecule has 0 aliphatic rings. The Hall–Kier alpha value is -2.03. The number of halogens is 1. The molecule has 2 aromatic carbocycles. The van der Waals surface area contributed by atoms with E-state index in [0.29, 0.717) is 5.56 Å². The van der Waals surface area contributed by atoms with Crippen LogP contribution in [0.3, 0.4) is 0 Å². The van der Waals surface area contributed by atoms with E-state index >= 15 is 0 Å². The van der Waals surface area contributed by atoms with Gasteiger partial charge in [0.25, 0.3) is 0 Å². The Morgan fingerprint density at radius 2 is 1.89 bits per heavy atom. The fourth-order valence-corrected chi connectivity index (χ4v) is 2.09. The molecule has 3 heteroatoms. The Balaban J connectivity index is 2.25. The predicted octanol–water partition coefficient (Wildman–Crippen LogP) is 4.32. The summed E-state index contributed by atoms with van der Waals surface area (Å²) in [5.41, 5.74) is 3.90. The van der Waals surface area contributed by atoms with Crippen LogP contribution < -0.4 is 5.32 Å². The number of phenolic OH excluding ortho intramolecular Hbond substituents is 1. The highest BCUT2D eigenvalue weighted by atomic mass is 19.1. The van der Waals surface area contributed by atoms with Gasteiger partial charge in [-0.3, -0.25) is 0 Å². The van der Waals surface area contributed by atoms with Gasteiger partial charge in [0.2, 0.25) is 0 Å². The van der Waals surface area contributed by atoms with E-state index < -0.39 is 5.82 Å². The summed E-state index contributed by atoms with van der Waals surface area (Å²) in [7, 11) is 0. The number of phenols is 1. The highest BCUT2D eigenvalue weighted by Gasteiger charge is 2.12. The third kappa shape index (κ3) is 2.87. The zero-order valence-electron chi connectivity index (χ0n) is 11.4. The molecule has 0 saturated heterocycles. The highest BCUT2D eigenvalue weighted by Crippen LogP contribution is 2.26. The summed E-state index contributed by atoms with van der Waals surface area (Å²) in [6.45, 7) is 5.99. The van der Waals surface area contributed by atoms with E-state index in [0.717, 1.165) is 17.3 Å². The Bertz CT molecular complexity index is 595. The lowest BCUT2D eigenvalue weighted by atomic mass is 10.0. The molecule has 0 saturated carbocycles. The predicted molar refractivity (Wildman–Crippen MR) is 76.0 cm³/mol. The number of benzene rings is 2. The van der Waals surface area contributed by atoms with E-state index in [-0.39, 0.29) is 11.8 Å². The molecular weight excluding hydrogens is 241 g/mol. The number of anilines is 1. The average Bonchev–Trinajstić information content (AvgIpc) is 2.34. The second kappa shape index (κ2) is 5.31. The first-order chi connectivity index (χ1) is 8.99. The topological polar surface area (TPSA) is 32.3 Å².